The van der Waals surface area contributed by atoms with Crippen LogP contribution in [0.25, 0.3) is 0 Å². The van der Waals surface area contributed by atoms with Gasteiger partial charge in [0.25, 0.3) is 0 Å². The fourth-order valence-corrected chi connectivity index (χ4v) is 3.27. The summed E-state index contributed by atoms with van der Waals surface area (Å²) in [5.74, 6) is 0. The minimum Gasteiger partial charge on any atom is -0.444 e. The average Bonchev–Trinajstić information content (AvgIpc) is 2.96. The molecule has 1 aliphatic carbocycles. The van der Waals surface area contributed by atoms with Gasteiger partial charge in [-0.15, -0.1) is 11.3 Å². The highest BCUT2D eigenvalue weighted by atomic mass is 32.1. The van der Waals surface area contributed by atoms with Gasteiger partial charge in [0.05, 0.1) is 5.51 Å². The van der Waals surface area contributed by atoms with E-state index in [0.717, 1.165) is 32.2 Å². The molecular formula is C16H27N3O2S. The summed E-state index contributed by atoms with van der Waals surface area (Å²) in [6, 6.07) is 0.821. The van der Waals surface area contributed by atoms with Crippen LogP contribution in [-0.2, 0) is 11.3 Å². The standard InChI is InChI=1S/C16H27N3O2S/c1-16(2,3)21-15(20)19(4)13-7-5-12(6-8-13)18-10-14-9-17-11-22-14/h9,11-13,18H,5-8,10H2,1-4H3. The number of amides is 1. The highest BCUT2D eigenvalue weighted by Gasteiger charge is 2.29. The molecule has 0 radical (unpaired) electrons. The lowest BCUT2D eigenvalue weighted by Gasteiger charge is -2.35. The second-order valence-electron chi connectivity index (χ2n) is 6.95. The van der Waals surface area contributed by atoms with Crippen molar-refractivity contribution in [3.8, 4) is 0 Å². The molecule has 0 aliphatic heterocycles. The van der Waals surface area contributed by atoms with Crippen molar-refractivity contribution < 1.29 is 9.53 Å². The van der Waals surface area contributed by atoms with Gasteiger partial charge in [-0.3, -0.25) is 4.98 Å². The second kappa shape index (κ2) is 7.42. The van der Waals surface area contributed by atoms with Gasteiger partial charge in [0.2, 0.25) is 0 Å². The second-order valence-corrected chi connectivity index (χ2v) is 7.92. The molecule has 22 heavy (non-hydrogen) atoms. The highest BCUT2D eigenvalue weighted by Crippen LogP contribution is 2.24. The van der Waals surface area contributed by atoms with Gasteiger partial charge in [-0.1, -0.05) is 0 Å². The quantitative estimate of drug-likeness (QED) is 0.922. The van der Waals surface area contributed by atoms with E-state index in [9.17, 15) is 4.79 Å². The molecular weight excluding hydrogens is 298 g/mol. The van der Waals surface area contributed by atoms with Gasteiger partial charge in [-0.25, -0.2) is 4.79 Å². The van der Waals surface area contributed by atoms with Crippen LogP contribution in [0, 0.1) is 0 Å². The van der Waals surface area contributed by atoms with Gasteiger partial charge < -0.3 is 15.0 Å². The summed E-state index contributed by atoms with van der Waals surface area (Å²) in [5, 5.41) is 3.59. The van der Waals surface area contributed by atoms with Gasteiger partial charge in [0.15, 0.2) is 0 Å². The third-order valence-corrected chi connectivity index (χ3v) is 4.75. The molecule has 6 heteroatoms. The van der Waals surface area contributed by atoms with Crippen molar-refractivity contribution in [3.63, 3.8) is 0 Å². The van der Waals surface area contributed by atoms with Crippen LogP contribution in [0.4, 0.5) is 4.79 Å². The van der Waals surface area contributed by atoms with E-state index in [0.29, 0.717) is 6.04 Å². The molecule has 1 saturated carbocycles. The van der Waals surface area contributed by atoms with Crippen LogP contribution in [0.5, 0.6) is 0 Å². The van der Waals surface area contributed by atoms with Gasteiger partial charge in [-0.2, -0.15) is 0 Å². The Morgan fingerprint density at radius 2 is 2.09 bits per heavy atom. The molecule has 1 aromatic heterocycles. The molecule has 0 saturated heterocycles. The molecule has 1 N–H and O–H groups in total. The van der Waals surface area contributed by atoms with E-state index < -0.39 is 5.60 Å². The molecule has 1 fully saturated rings. The van der Waals surface area contributed by atoms with Crippen molar-refractivity contribution in [2.45, 2.75) is 70.7 Å². The van der Waals surface area contributed by atoms with Gasteiger partial charge in [0.1, 0.15) is 5.60 Å². The van der Waals surface area contributed by atoms with Crippen LogP contribution in [0.3, 0.4) is 0 Å². The summed E-state index contributed by atoms with van der Waals surface area (Å²) in [5.41, 5.74) is 1.43. The Morgan fingerprint density at radius 3 is 2.64 bits per heavy atom. The van der Waals surface area contributed by atoms with Crippen LogP contribution in [0.15, 0.2) is 11.7 Å². The molecule has 0 aromatic carbocycles. The molecule has 1 amide bonds. The van der Waals surface area contributed by atoms with Crippen molar-refractivity contribution in [2.24, 2.45) is 0 Å². The fourth-order valence-electron chi connectivity index (χ4n) is 2.72. The van der Waals surface area contributed by atoms with E-state index in [-0.39, 0.29) is 12.1 Å². The minimum absolute atomic E-state index is 0.214. The molecule has 0 unspecified atom stereocenters. The monoisotopic (exact) mass is 325 g/mol. The average molecular weight is 325 g/mol. The molecule has 2 rings (SSSR count). The number of aromatic nitrogens is 1. The Labute approximate surface area is 137 Å². The maximum Gasteiger partial charge on any atom is 0.410 e. The molecule has 0 bridgehead atoms. The third kappa shape index (κ3) is 5.25. The number of carbonyl (C=O) groups excluding carboxylic acids is 1. The first-order chi connectivity index (χ1) is 10.3. The molecule has 124 valence electrons. The van der Waals surface area contributed by atoms with Crippen molar-refractivity contribution in [1.82, 2.24) is 15.2 Å². The van der Waals surface area contributed by atoms with Crippen molar-refractivity contribution >= 4 is 17.4 Å². The van der Waals surface area contributed by atoms with E-state index in [4.69, 9.17) is 4.74 Å². The Bertz CT molecular complexity index is 462. The Kier molecular flexibility index (Phi) is 5.81. The maximum absolute atomic E-state index is 12.1. The first-order valence-corrected chi connectivity index (χ1v) is 8.79. The third-order valence-electron chi connectivity index (χ3n) is 3.97. The molecule has 1 heterocycles. The normalized spacial score (nSPS) is 22.4. The summed E-state index contributed by atoms with van der Waals surface area (Å²) in [7, 11) is 1.85. The van der Waals surface area contributed by atoms with Gasteiger partial charge in [0, 0.05) is 36.8 Å². The summed E-state index contributed by atoms with van der Waals surface area (Å²) >= 11 is 1.68. The van der Waals surface area contributed by atoms with E-state index in [1.807, 2.05) is 39.5 Å². The van der Waals surface area contributed by atoms with E-state index >= 15 is 0 Å². The summed E-state index contributed by atoms with van der Waals surface area (Å²) in [6.07, 6.45) is 5.94. The summed E-state index contributed by atoms with van der Waals surface area (Å²) in [4.78, 5) is 19.2. The van der Waals surface area contributed by atoms with Crippen LogP contribution < -0.4 is 5.32 Å². The number of carbonyl (C=O) groups is 1. The lowest BCUT2D eigenvalue weighted by molar-refractivity contribution is 0.0179. The first kappa shape index (κ1) is 17.2. The van der Waals surface area contributed by atoms with Crippen LogP contribution >= 0.6 is 11.3 Å². The largest absolute Gasteiger partial charge is 0.444 e. The van der Waals surface area contributed by atoms with Gasteiger partial charge in [-0.05, 0) is 46.5 Å². The molecule has 0 atom stereocenters. The van der Waals surface area contributed by atoms with E-state index in [1.54, 1.807) is 16.2 Å². The highest BCUT2D eigenvalue weighted by molar-refractivity contribution is 7.09. The van der Waals surface area contributed by atoms with Crippen molar-refractivity contribution in [1.29, 1.82) is 0 Å². The Morgan fingerprint density at radius 1 is 1.41 bits per heavy atom. The number of ether oxygens (including phenoxy) is 1. The van der Waals surface area contributed by atoms with E-state index in [1.165, 1.54) is 4.88 Å². The predicted molar refractivity (Wildman–Crippen MR) is 89.0 cm³/mol. The Balaban J connectivity index is 1.73. The summed E-state index contributed by atoms with van der Waals surface area (Å²) in [6.45, 7) is 6.60. The lowest BCUT2D eigenvalue weighted by atomic mass is 9.90. The maximum atomic E-state index is 12.1. The Hall–Kier alpha value is -1.14. The molecule has 0 spiro atoms. The number of hydrogen-bond acceptors (Lipinski definition) is 5. The number of nitrogens with one attached hydrogen (secondary N) is 1. The predicted octanol–water partition coefficient (Wildman–Crippen LogP) is 3.41. The van der Waals surface area contributed by atoms with E-state index in [2.05, 4.69) is 10.3 Å². The van der Waals surface area contributed by atoms with Crippen molar-refractivity contribution in [3.05, 3.63) is 16.6 Å². The lowest BCUT2D eigenvalue weighted by Crippen LogP contribution is -2.44. The van der Waals surface area contributed by atoms with Crippen molar-refractivity contribution in [2.75, 3.05) is 7.05 Å². The van der Waals surface area contributed by atoms with Gasteiger partial charge >= 0.3 is 6.09 Å². The smallest absolute Gasteiger partial charge is 0.410 e. The number of nitrogens with zero attached hydrogens (tertiary/aromatic N) is 2. The SMILES string of the molecule is CN(C(=O)OC(C)(C)C)C1CCC(NCc2cncs2)CC1. The van der Waals surface area contributed by atoms with Crippen LogP contribution in [0.1, 0.15) is 51.3 Å². The first-order valence-electron chi connectivity index (χ1n) is 7.92. The zero-order valence-electron chi connectivity index (χ0n) is 14.0. The molecule has 1 aromatic rings. The zero-order chi connectivity index (χ0) is 16.2. The fraction of sp³-hybridized carbons (Fsp3) is 0.750. The van der Waals surface area contributed by atoms with Crippen LogP contribution in [-0.4, -0.2) is 40.7 Å². The summed E-state index contributed by atoms with van der Waals surface area (Å²) < 4.78 is 5.44. The zero-order valence-corrected chi connectivity index (χ0v) is 14.8. The number of rotatable bonds is 4. The van der Waals surface area contributed by atoms with Crippen LogP contribution in [0.2, 0.25) is 0 Å². The minimum atomic E-state index is -0.432. The topological polar surface area (TPSA) is 54.5 Å². The molecule has 5 nitrogen and oxygen atoms in total. The number of thiazole rings is 1. The number of hydrogen-bond donors (Lipinski definition) is 1. The molecule has 1 aliphatic rings.